The Bertz CT molecular complexity index is 482. The summed E-state index contributed by atoms with van der Waals surface area (Å²) in [6, 6.07) is 0. The molecule has 0 amide bonds. The highest BCUT2D eigenvalue weighted by atomic mass is 35.5. The van der Waals surface area contributed by atoms with Crippen molar-refractivity contribution in [3.05, 3.63) is 0 Å². The molecule has 5 atom stereocenters. The maximum atomic E-state index is 12.1. The van der Waals surface area contributed by atoms with Crippen LogP contribution in [0.2, 0.25) is 0 Å². The monoisotopic (exact) mass is 320 g/mol. The third kappa shape index (κ3) is 2.00. The Morgan fingerprint density at radius 2 is 1.80 bits per heavy atom. The van der Waals surface area contributed by atoms with Crippen LogP contribution in [0.15, 0.2) is 0 Å². The van der Waals surface area contributed by atoms with Crippen LogP contribution in [-0.4, -0.2) is 34.9 Å². The lowest BCUT2D eigenvalue weighted by molar-refractivity contribution is -0.157. The van der Waals surface area contributed by atoms with E-state index in [4.69, 9.17) is 27.9 Å². The summed E-state index contributed by atoms with van der Waals surface area (Å²) in [6.07, 6.45) is 0. The number of halogens is 2. The Labute approximate surface area is 128 Å². The molecule has 0 N–H and O–H groups in total. The smallest absolute Gasteiger partial charge is 0.311 e. The van der Waals surface area contributed by atoms with Gasteiger partial charge in [-0.3, -0.25) is 14.4 Å². The fourth-order valence-electron chi connectivity index (χ4n) is 2.98. The summed E-state index contributed by atoms with van der Waals surface area (Å²) in [6.45, 7) is 6.84. The molecule has 0 radical (unpaired) electrons. The van der Waals surface area contributed by atoms with Gasteiger partial charge in [-0.15, -0.1) is 23.2 Å². The van der Waals surface area contributed by atoms with Gasteiger partial charge in [0.1, 0.15) is 6.61 Å². The van der Waals surface area contributed by atoms with Gasteiger partial charge in [-0.1, -0.05) is 6.92 Å². The topological polar surface area (TPSA) is 60.4 Å². The molecule has 0 bridgehead atoms. The van der Waals surface area contributed by atoms with Crippen LogP contribution in [0.5, 0.6) is 0 Å². The SMILES string of the molecule is CC(C)(C)C(=O)OC[C@H]1C(=O)C(=O)[C@@H]2[C@@H](Cl)[C@@H](Cl)[C@@]21C. The second kappa shape index (κ2) is 4.70. The molecule has 112 valence electrons. The minimum Gasteiger partial charge on any atom is -0.464 e. The van der Waals surface area contributed by atoms with Crippen molar-refractivity contribution in [2.75, 3.05) is 6.61 Å². The van der Waals surface area contributed by atoms with Crippen molar-refractivity contribution >= 4 is 40.7 Å². The van der Waals surface area contributed by atoms with Gasteiger partial charge < -0.3 is 4.74 Å². The van der Waals surface area contributed by atoms with Gasteiger partial charge in [-0.25, -0.2) is 0 Å². The summed E-state index contributed by atoms with van der Waals surface area (Å²) >= 11 is 12.2. The van der Waals surface area contributed by atoms with Crippen molar-refractivity contribution in [3.8, 4) is 0 Å². The molecule has 0 heterocycles. The highest BCUT2D eigenvalue weighted by Gasteiger charge is 2.72. The number of esters is 1. The standard InChI is InChI=1S/C14H18Cl2O4/c1-13(2,3)12(19)20-5-6-9(17)10(18)7-8(15)11(16)14(6,7)4/h6-8,11H,5H2,1-4H3/t6-,7-,8+,11+,14+/m0/s1. The molecule has 0 aliphatic heterocycles. The largest absolute Gasteiger partial charge is 0.464 e. The van der Waals surface area contributed by atoms with Gasteiger partial charge in [0.25, 0.3) is 0 Å². The summed E-state index contributed by atoms with van der Waals surface area (Å²) in [4.78, 5) is 35.8. The Kier molecular flexibility index (Phi) is 3.71. The number of carbonyl (C=O) groups is 3. The minimum atomic E-state index is -0.708. The maximum absolute atomic E-state index is 12.1. The Balaban J connectivity index is 2.14. The molecule has 2 rings (SSSR count). The van der Waals surface area contributed by atoms with E-state index < -0.39 is 51.0 Å². The van der Waals surface area contributed by atoms with Crippen LogP contribution in [0.4, 0.5) is 0 Å². The van der Waals surface area contributed by atoms with E-state index in [9.17, 15) is 14.4 Å². The van der Waals surface area contributed by atoms with E-state index >= 15 is 0 Å². The van der Waals surface area contributed by atoms with Crippen LogP contribution in [-0.2, 0) is 19.1 Å². The number of hydrogen-bond acceptors (Lipinski definition) is 4. The quantitative estimate of drug-likeness (QED) is 0.444. The van der Waals surface area contributed by atoms with Gasteiger partial charge in [0.2, 0.25) is 11.6 Å². The number of Topliss-reactive ketones (excluding diaryl/α,β-unsaturated/α-hetero) is 2. The number of carbonyl (C=O) groups excluding carboxylic acids is 3. The third-order valence-electron chi connectivity index (χ3n) is 4.45. The van der Waals surface area contributed by atoms with Crippen LogP contribution >= 0.6 is 23.2 Å². The van der Waals surface area contributed by atoms with Gasteiger partial charge >= 0.3 is 5.97 Å². The van der Waals surface area contributed by atoms with Gasteiger partial charge in [0, 0.05) is 5.41 Å². The van der Waals surface area contributed by atoms with Crippen molar-refractivity contribution in [2.24, 2.45) is 22.7 Å². The molecule has 0 aromatic rings. The van der Waals surface area contributed by atoms with Gasteiger partial charge in [-0.2, -0.15) is 0 Å². The highest BCUT2D eigenvalue weighted by molar-refractivity contribution is 6.46. The number of fused-ring (bicyclic) bond motifs is 1. The summed E-state index contributed by atoms with van der Waals surface area (Å²) in [5.41, 5.74) is -1.36. The number of alkyl halides is 2. The van der Waals surface area contributed by atoms with Crippen molar-refractivity contribution in [1.82, 2.24) is 0 Å². The van der Waals surface area contributed by atoms with Gasteiger partial charge in [0.15, 0.2) is 0 Å². The van der Waals surface area contributed by atoms with Crippen LogP contribution in [0.3, 0.4) is 0 Å². The third-order valence-corrected chi connectivity index (χ3v) is 5.82. The van der Waals surface area contributed by atoms with E-state index in [2.05, 4.69) is 0 Å². The van der Waals surface area contributed by atoms with E-state index in [1.165, 1.54) is 0 Å². The van der Waals surface area contributed by atoms with Crippen molar-refractivity contribution in [1.29, 1.82) is 0 Å². The van der Waals surface area contributed by atoms with E-state index in [0.717, 1.165) is 0 Å². The molecular weight excluding hydrogens is 303 g/mol. The highest BCUT2D eigenvalue weighted by Crippen LogP contribution is 2.61. The molecule has 2 fully saturated rings. The summed E-state index contributed by atoms with van der Waals surface area (Å²) in [5.74, 6) is -2.66. The zero-order valence-corrected chi connectivity index (χ0v) is 13.4. The number of ether oxygens (including phenoxy) is 1. The molecule has 0 unspecified atom stereocenters. The van der Waals surface area contributed by atoms with E-state index in [1.54, 1.807) is 27.7 Å². The number of ketones is 2. The predicted molar refractivity (Wildman–Crippen MR) is 74.8 cm³/mol. The fourth-order valence-corrected chi connectivity index (χ4v) is 4.07. The average Bonchev–Trinajstić information content (AvgIpc) is 2.52. The van der Waals surface area contributed by atoms with Crippen LogP contribution in [0.1, 0.15) is 27.7 Å². The van der Waals surface area contributed by atoms with Gasteiger partial charge in [-0.05, 0) is 20.8 Å². The second-order valence-electron chi connectivity index (χ2n) is 6.82. The first-order valence-electron chi connectivity index (χ1n) is 6.56. The molecule has 0 spiro atoms. The summed E-state index contributed by atoms with van der Waals surface area (Å²) < 4.78 is 5.20. The minimum absolute atomic E-state index is 0.111. The normalized spacial score (nSPS) is 40.3. The Morgan fingerprint density at radius 1 is 1.25 bits per heavy atom. The number of rotatable bonds is 2. The van der Waals surface area contributed by atoms with E-state index in [1.807, 2.05) is 0 Å². The van der Waals surface area contributed by atoms with Crippen molar-refractivity contribution < 1.29 is 19.1 Å². The molecule has 2 aliphatic rings. The molecule has 0 aromatic carbocycles. The first kappa shape index (κ1) is 15.8. The molecule has 0 aromatic heterocycles. The molecular formula is C14H18Cl2O4. The van der Waals surface area contributed by atoms with Crippen LogP contribution in [0, 0.1) is 22.7 Å². The molecule has 6 heteroatoms. The van der Waals surface area contributed by atoms with Crippen molar-refractivity contribution in [3.63, 3.8) is 0 Å². The zero-order chi connectivity index (χ0) is 15.5. The van der Waals surface area contributed by atoms with E-state index in [0.29, 0.717) is 0 Å². The molecule has 2 saturated carbocycles. The zero-order valence-electron chi connectivity index (χ0n) is 11.9. The molecule has 4 nitrogen and oxygen atoms in total. The first-order chi connectivity index (χ1) is 9.02. The first-order valence-corrected chi connectivity index (χ1v) is 7.43. The second-order valence-corrected chi connectivity index (χ2v) is 7.79. The average molecular weight is 321 g/mol. The Morgan fingerprint density at radius 3 is 2.30 bits per heavy atom. The summed E-state index contributed by atoms with van der Waals surface area (Å²) in [7, 11) is 0. The molecule has 20 heavy (non-hydrogen) atoms. The van der Waals surface area contributed by atoms with Crippen LogP contribution in [0.25, 0.3) is 0 Å². The fraction of sp³-hybridized carbons (Fsp3) is 0.786. The lowest BCUT2D eigenvalue weighted by Crippen LogP contribution is -2.60. The van der Waals surface area contributed by atoms with Crippen LogP contribution < -0.4 is 0 Å². The Hall–Kier alpha value is -0.610. The maximum Gasteiger partial charge on any atom is 0.311 e. The van der Waals surface area contributed by atoms with Gasteiger partial charge in [0.05, 0.1) is 28.0 Å². The summed E-state index contributed by atoms with van der Waals surface area (Å²) in [5, 5.41) is -0.996. The molecule has 0 saturated heterocycles. The van der Waals surface area contributed by atoms with Crippen molar-refractivity contribution in [2.45, 2.75) is 38.4 Å². The predicted octanol–water partition coefficient (Wildman–Crippen LogP) is 2.19. The number of hydrogen-bond donors (Lipinski definition) is 0. The lowest BCUT2D eigenvalue weighted by atomic mass is 9.59. The van der Waals surface area contributed by atoms with E-state index in [-0.39, 0.29) is 6.61 Å². The molecule has 2 aliphatic carbocycles. The lowest BCUT2D eigenvalue weighted by Gasteiger charge is -2.51.